The minimum absolute atomic E-state index is 0.223. The molecule has 0 saturated carbocycles. The fraction of sp³-hybridized carbons (Fsp3) is 0.417. The van der Waals surface area contributed by atoms with Crippen LogP contribution in [0.1, 0.15) is 29.2 Å². The van der Waals surface area contributed by atoms with Crippen LogP contribution in [0.15, 0.2) is 18.2 Å². The molecule has 2 N–H and O–H groups in total. The molecule has 0 fully saturated rings. The molecule has 1 aromatic carbocycles. The van der Waals surface area contributed by atoms with Crippen molar-refractivity contribution in [2.45, 2.75) is 26.3 Å². The van der Waals surface area contributed by atoms with Crippen LogP contribution in [0, 0.1) is 13.8 Å². The second kappa shape index (κ2) is 4.94. The van der Waals surface area contributed by atoms with E-state index in [1.54, 1.807) is 0 Å². The molecule has 0 bridgehead atoms. The van der Waals surface area contributed by atoms with Crippen LogP contribution in [0.25, 0.3) is 0 Å². The van der Waals surface area contributed by atoms with Gasteiger partial charge >= 0.3 is 5.97 Å². The molecule has 82 valence electrons. The number of carbonyl (C=O) groups excluding carboxylic acids is 1. The molecule has 1 aromatic rings. The highest BCUT2D eigenvalue weighted by molar-refractivity contribution is 5.70. The number of nitrogens with two attached hydrogens (primary N) is 1. The normalized spacial score (nSPS) is 12.3. The van der Waals surface area contributed by atoms with Gasteiger partial charge in [-0.1, -0.05) is 23.8 Å². The highest BCUT2D eigenvalue weighted by Crippen LogP contribution is 2.19. The van der Waals surface area contributed by atoms with Crippen molar-refractivity contribution in [3.8, 4) is 0 Å². The molecule has 1 rings (SSSR count). The molecule has 0 amide bonds. The molecule has 1 atom stereocenters. The van der Waals surface area contributed by atoms with Gasteiger partial charge in [-0.25, -0.2) is 0 Å². The molecule has 0 spiro atoms. The fourth-order valence-electron chi connectivity index (χ4n) is 1.61. The van der Waals surface area contributed by atoms with Crippen LogP contribution in [-0.2, 0) is 9.53 Å². The van der Waals surface area contributed by atoms with Gasteiger partial charge in [-0.3, -0.25) is 4.79 Å². The van der Waals surface area contributed by atoms with E-state index < -0.39 is 0 Å². The number of rotatable bonds is 3. The number of hydrogen-bond donors (Lipinski definition) is 1. The number of esters is 1. The van der Waals surface area contributed by atoms with Gasteiger partial charge in [0.2, 0.25) is 0 Å². The van der Waals surface area contributed by atoms with Crippen molar-refractivity contribution in [3.63, 3.8) is 0 Å². The van der Waals surface area contributed by atoms with Crippen molar-refractivity contribution in [2.75, 3.05) is 7.11 Å². The first-order valence-electron chi connectivity index (χ1n) is 4.94. The van der Waals surface area contributed by atoms with Crippen LogP contribution < -0.4 is 5.73 Å². The van der Waals surface area contributed by atoms with E-state index >= 15 is 0 Å². The van der Waals surface area contributed by atoms with E-state index in [2.05, 4.69) is 10.8 Å². The van der Waals surface area contributed by atoms with Gasteiger partial charge in [0.25, 0.3) is 0 Å². The van der Waals surface area contributed by atoms with Gasteiger partial charge in [0.1, 0.15) is 0 Å². The summed E-state index contributed by atoms with van der Waals surface area (Å²) in [5.74, 6) is -0.275. The Labute approximate surface area is 90.2 Å². The molecule has 0 aliphatic heterocycles. The number of methoxy groups -OCH3 is 1. The Kier molecular flexibility index (Phi) is 3.86. The third-order valence-electron chi connectivity index (χ3n) is 2.44. The van der Waals surface area contributed by atoms with Crippen molar-refractivity contribution in [3.05, 3.63) is 34.9 Å². The van der Waals surface area contributed by atoms with Crippen LogP contribution in [-0.4, -0.2) is 13.1 Å². The van der Waals surface area contributed by atoms with Crippen molar-refractivity contribution in [2.24, 2.45) is 5.73 Å². The summed E-state index contributed by atoms with van der Waals surface area (Å²) >= 11 is 0. The van der Waals surface area contributed by atoms with Crippen molar-refractivity contribution < 1.29 is 9.53 Å². The molecular weight excluding hydrogens is 190 g/mol. The Balaban J connectivity index is 2.82. The number of ether oxygens (including phenoxy) is 1. The highest BCUT2D eigenvalue weighted by Gasteiger charge is 2.13. The molecular formula is C12H17NO2. The Morgan fingerprint density at radius 2 is 2.13 bits per heavy atom. The second-order valence-corrected chi connectivity index (χ2v) is 3.75. The molecule has 0 aliphatic rings. The fourth-order valence-corrected chi connectivity index (χ4v) is 1.61. The quantitative estimate of drug-likeness (QED) is 0.770. The maximum atomic E-state index is 11.1. The summed E-state index contributed by atoms with van der Waals surface area (Å²) in [6, 6.07) is 5.75. The topological polar surface area (TPSA) is 52.3 Å². The molecule has 0 saturated heterocycles. The minimum atomic E-state index is -0.280. The van der Waals surface area contributed by atoms with E-state index in [0.29, 0.717) is 0 Å². The first-order chi connectivity index (χ1) is 7.04. The van der Waals surface area contributed by atoms with Crippen molar-refractivity contribution in [1.29, 1.82) is 0 Å². The largest absolute Gasteiger partial charge is 0.469 e. The van der Waals surface area contributed by atoms with E-state index in [0.717, 1.165) is 11.1 Å². The van der Waals surface area contributed by atoms with E-state index in [-0.39, 0.29) is 18.4 Å². The Morgan fingerprint density at radius 3 is 2.67 bits per heavy atom. The van der Waals surface area contributed by atoms with E-state index in [4.69, 9.17) is 5.73 Å². The van der Waals surface area contributed by atoms with Gasteiger partial charge in [0, 0.05) is 6.04 Å². The summed E-state index contributed by atoms with van der Waals surface area (Å²) in [5, 5.41) is 0. The average Bonchev–Trinajstić information content (AvgIpc) is 2.17. The van der Waals surface area contributed by atoms with Gasteiger partial charge in [-0.2, -0.15) is 0 Å². The number of hydrogen-bond acceptors (Lipinski definition) is 3. The van der Waals surface area contributed by atoms with E-state index in [9.17, 15) is 4.79 Å². The van der Waals surface area contributed by atoms with Gasteiger partial charge in [-0.05, 0) is 25.0 Å². The first-order valence-corrected chi connectivity index (χ1v) is 4.94. The third-order valence-corrected chi connectivity index (χ3v) is 2.44. The molecule has 0 heterocycles. The monoisotopic (exact) mass is 207 g/mol. The van der Waals surface area contributed by atoms with Crippen LogP contribution in [0.4, 0.5) is 0 Å². The lowest BCUT2D eigenvalue weighted by Crippen LogP contribution is -2.17. The molecule has 0 radical (unpaired) electrons. The molecule has 0 aliphatic carbocycles. The van der Waals surface area contributed by atoms with E-state index in [1.807, 2.05) is 26.0 Å². The van der Waals surface area contributed by atoms with Crippen LogP contribution in [0.5, 0.6) is 0 Å². The van der Waals surface area contributed by atoms with E-state index in [1.165, 1.54) is 12.7 Å². The molecule has 3 nitrogen and oxygen atoms in total. The highest BCUT2D eigenvalue weighted by atomic mass is 16.5. The number of benzene rings is 1. The maximum absolute atomic E-state index is 11.1. The summed E-state index contributed by atoms with van der Waals surface area (Å²) in [7, 11) is 1.37. The zero-order valence-corrected chi connectivity index (χ0v) is 9.41. The maximum Gasteiger partial charge on any atom is 0.307 e. The average molecular weight is 207 g/mol. The molecule has 0 aromatic heterocycles. The lowest BCUT2D eigenvalue weighted by molar-refractivity contribution is -0.141. The van der Waals surface area contributed by atoms with Crippen molar-refractivity contribution in [1.82, 2.24) is 0 Å². The smallest absolute Gasteiger partial charge is 0.307 e. The molecule has 3 heteroatoms. The zero-order chi connectivity index (χ0) is 11.4. The van der Waals surface area contributed by atoms with Crippen LogP contribution >= 0.6 is 0 Å². The Bertz CT molecular complexity index is 361. The van der Waals surface area contributed by atoms with Crippen LogP contribution in [0.3, 0.4) is 0 Å². The van der Waals surface area contributed by atoms with Gasteiger partial charge in [0.15, 0.2) is 0 Å². The predicted molar refractivity (Wildman–Crippen MR) is 59.5 cm³/mol. The van der Waals surface area contributed by atoms with Crippen LogP contribution in [0.2, 0.25) is 0 Å². The first kappa shape index (κ1) is 11.7. The lowest BCUT2D eigenvalue weighted by Gasteiger charge is -2.13. The second-order valence-electron chi connectivity index (χ2n) is 3.75. The molecule has 15 heavy (non-hydrogen) atoms. The summed E-state index contributed by atoms with van der Waals surface area (Å²) in [5.41, 5.74) is 9.24. The molecule has 0 unspecified atom stereocenters. The SMILES string of the molecule is COC(=O)C[C@H](N)c1ccc(C)cc1C. The summed E-state index contributed by atoms with van der Waals surface area (Å²) in [4.78, 5) is 11.1. The predicted octanol–water partition coefficient (Wildman–Crippen LogP) is 1.87. The third kappa shape index (κ3) is 3.06. The minimum Gasteiger partial charge on any atom is -0.469 e. The zero-order valence-electron chi connectivity index (χ0n) is 9.41. The Hall–Kier alpha value is -1.35. The summed E-state index contributed by atoms with van der Waals surface area (Å²) in [6.07, 6.45) is 0.223. The summed E-state index contributed by atoms with van der Waals surface area (Å²) in [6.45, 7) is 4.03. The van der Waals surface area contributed by atoms with Crippen molar-refractivity contribution >= 4 is 5.97 Å². The van der Waals surface area contributed by atoms with Gasteiger partial charge in [-0.15, -0.1) is 0 Å². The lowest BCUT2D eigenvalue weighted by atomic mass is 9.98. The van der Waals surface area contributed by atoms with Gasteiger partial charge < -0.3 is 10.5 Å². The summed E-state index contributed by atoms with van der Waals surface area (Å²) < 4.78 is 4.59. The number of carbonyl (C=O) groups is 1. The number of aryl methyl sites for hydroxylation is 2. The van der Waals surface area contributed by atoms with Gasteiger partial charge in [0.05, 0.1) is 13.5 Å². The Morgan fingerprint density at radius 1 is 1.47 bits per heavy atom. The standard InChI is InChI=1S/C12H17NO2/c1-8-4-5-10(9(2)6-8)11(13)7-12(14)15-3/h4-6,11H,7,13H2,1-3H3/t11-/m0/s1.